The lowest BCUT2D eigenvalue weighted by Crippen LogP contribution is -2.47. The number of piperazine rings is 1. The first-order chi connectivity index (χ1) is 9.79. The quantitative estimate of drug-likeness (QED) is 0.634. The fourth-order valence-corrected chi connectivity index (χ4v) is 3.43. The van der Waals surface area contributed by atoms with Crippen LogP contribution in [0, 0.1) is 0 Å². The van der Waals surface area contributed by atoms with Gasteiger partial charge in [0.1, 0.15) is 16.6 Å². The molecule has 106 valence electrons. The van der Waals surface area contributed by atoms with Crippen LogP contribution in [0.25, 0.3) is 0 Å². The normalized spacial score (nSPS) is 15.5. The number of hydrogen-bond donors (Lipinski definition) is 2. The average Bonchev–Trinajstić information content (AvgIpc) is 3.02. The van der Waals surface area contributed by atoms with Crippen molar-refractivity contribution in [3.63, 3.8) is 0 Å². The third-order valence-electron chi connectivity index (χ3n) is 3.18. The molecule has 1 aliphatic heterocycles. The topological polar surface area (TPSA) is 83.2 Å². The van der Waals surface area contributed by atoms with Crippen molar-refractivity contribution < 1.29 is 0 Å². The van der Waals surface area contributed by atoms with Crippen LogP contribution in [0.3, 0.4) is 0 Å². The maximum atomic E-state index is 5.43. The Labute approximate surface area is 128 Å². The highest BCUT2D eigenvalue weighted by Gasteiger charge is 2.22. The van der Waals surface area contributed by atoms with E-state index < -0.39 is 0 Å². The molecule has 9 heteroatoms. The molecule has 1 saturated heterocycles. The number of aromatic nitrogens is 3. The molecule has 20 heavy (non-hydrogen) atoms. The second-order valence-electron chi connectivity index (χ2n) is 4.29. The first-order valence-electron chi connectivity index (χ1n) is 6.16. The Kier molecular flexibility index (Phi) is 3.99. The number of hydrogen-bond acceptors (Lipinski definition) is 8. The summed E-state index contributed by atoms with van der Waals surface area (Å²) in [5, 5.41) is 3.08. The molecule has 1 aliphatic rings. The van der Waals surface area contributed by atoms with Crippen molar-refractivity contribution >= 4 is 44.0 Å². The van der Waals surface area contributed by atoms with E-state index in [1.165, 1.54) is 6.33 Å². The second-order valence-corrected chi connectivity index (χ2v) is 5.96. The summed E-state index contributed by atoms with van der Waals surface area (Å²) in [6.45, 7) is 3.63. The van der Waals surface area contributed by atoms with E-state index in [2.05, 4.69) is 46.1 Å². The minimum atomic E-state index is 0.595. The summed E-state index contributed by atoms with van der Waals surface area (Å²) in [6.07, 6.45) is 3.36. The summed E-state index contributed by atoms with van der Waals surface area (Å²) in [6, 6.07) is 0. The molecule has 0 saturated carbocycles. The zero-order chi connectivity index (χ0) is 13.9. The summed E-state index contributed by atoms with van der Waals surface area (Å²) in [7, 11) is 0. The molecule has 2 aromatic rings. The predicted molar refractivity (Wildman–Crippen MR) is 84.1 cm³/mol. The van der Waals surface area contributed by atoms with Gasteiger partial charge >= 0.3 is 0 Å². The van der Waals surface area contributed by atoms with Gasteiger partial charge in [0.15, 0.2) is 10.9 Å². The van der Waals surface area contributed by atoms with Gasteiger partial charge in [-0.3, -0.25) is 0 Å². The van der Waals surface area contributed by atoms with Gasteiger partial charge < -0.3 is 15.2 Å². The van der Waals surface area contributed by atoms with E-state index >= 15 is 0 Å². The first kappa shape index (κ1) is 13.5. The van der Waals surface area contributed by atoms with Crippen molar-refractivity contribution in [2.24, 2.45) is 5.84 Å². The molecule has 0 unspecified atom stereocenters. The monoisotopic (exact) mass is 355 g/mol. The number of nitrogens with two attached hydrogens (primary N) is 1. The van der Waals surface area contributed by atoms with E-state index in [1.54, 1.807) is 11.3 Å². The zero-order valence-electron chi connectivity index (χ0n) is 10.7. The van der Waals surface area contributed by atoms with E-state index in [-0.39, 0.29) is 0 Å². The Morgan fingerprint density at radius 2 is 1.90 bits per heavy atom. The molecule has 0 atom stereocenters. The van der Waals surface area contributed by atoms with Gasteiger partial charge in [-0.05, 0) is 15.9 Å². The van der Waals surface area contributed by atoms with Crippen LogP contribution < -0.4 is 21.1 Å². The number of halogens is 1. The van der Waals surface area contributed by atoms with Crippen LogP contribution in [0.1, 0.15) is 0 Å². The number of hydrazine groups is 1. The SMILES string of the molecule is NNc1ncnc(N2CCN(c3nccs3)CC2)c1Br. The number of nitrogen functional groups attached to an aromatic ring is 1. The molecule has 3 N–H and O–H groups in total. The lowest BCUT2D eigenvalue weighted by atomic mass is 10.3. The van der Waals surface area contributed by atoms with Crippen molar-refractivity contribution in [3.8, 4) is 0 Å². The lowest BCUT2D eigenvalue weighted by Gasteiger charge is -2.35. The summed E-state index contributed by atoms with van der Waals surface area (Å²) >= 11 is 5.17. The minimum Gasteiger partial charge on any atom is -0.352 e. The predicted octanol–water partition coefficient (Wildman–Crippen LogP) is 1.31. The van der Waals surface area contributed by atoms with Crippen molar-refractivity contribution in [1.29, 1.82) is 0 Å². The number of nitrogens with zero attached hydrogens (tertiary/aromatic N) is 5. The Balaban J connectivity index is 1.72. The van der Waals surface area contributed by atoms with Crippen molar-refractivity contribution in [2.75, 3.05) is 41.4 Å². The molecule has 0 amide bonds. The fourth-order valence-electron chi connectivity index (χ4n) is 2.16. The summed E-state index contributed by atoms with van der Waals surface area (Å²) in [5.41, 5.74) is 2.56. The van der Waals surface area contributed by atoms with Crippen LogP contribution in [-0.2, 0) is 0 Å². The van der Waals surface area contributed by atoms with Crippen LogP contribution in [0.2, 0.25) is 0 Å². The lowest BCUT2D eigenvalue weighted by molar-refractivity contribution is 0.644. The molecule has 0 bridgehead atoms. The molecule has 0 spiro atoms. The number of anilines is 3. The van der Waals surface area contributed by atoms with Crippen molar-refractivity contribution in [2.45, 2.75) is 0 Å². The third-order valence-corrected chi connectivity index (χ3v) is 4.74. The average molecular weight is 356 g/mol. The van der Waals surface area contributed by atoms with E-state index in [4.69, 9.17) is 5.84 Å². The summed E-state index contributed by atoms with van der Waals surface area (Å²) in [5.74, 6) is 6.89. The van der Waals surface area contributed by atoms with Gasteiger partial charge in [-0.25, -0.2) is 20.8 Å². The highest BCUT2D eigenvalue weighted by Crippen LogP contribution is 2.30. The standard InChI is InChI=1S/C11H14BrN7S/c12-8-9(17-13)15-7-16-10(8)18-2-4-19(5-3-18)11-14-1-6-20-11/h1,6-7H,2-5,13H2,(H,15,16,17). The van der Waals surface area contributed by atoms with Crippen LogP contribution in [-0.4, -0.2) is 41.1 Å². The molecule has 3 heterocycles. The summed E-state index contributed by atoms with van der Waals surface area (Å²) in [4.78, 5) is 17.3. The molecule has 0 aromatic carbocycles. The first-order valence-corrected chi connectivity index (χ1v) is 7.83. The zero-order valence-corrected chi connectivity index (χ0v) is 13.1. The highest BCUT2D eigenvalue weighted by molar-refractivity contribution is 9.10. The Bertz CT molecular complexity index is 568. The van der Waals surface area contributed by atoms with Gasteiger partial charge in [0.05, 0.1) is 0 Å². The molecular weight excluding hydrogens is 342 g/mol. The van der Waals surface area contributed by atoms with E-state index in [0.717, 1.165) is 41.6 Å². The third kappa shape index (κ3) is 2.56. The van der Waals surface area contributed by atoms with Gasteiger partial charge in [0.2, 0.25) is 0 Å². The van der Waals surface area contributed by atoms with Gasteiger partial charge in [-0.2, -0.15) is 0 Å². The van der Waals surface area contributed by atoms with Gasteiger partial charge in [0.25, 0.3) is 0 Å². The maximum Gasteiger partial charge on any atom is 0.185 e. The fraction of sp³-hybridized carbons (Fsp3) is 0.364. The summed E-state index contributed by atoms with van der Waals surface area (Å²) < 4.78 is 0.796. The molecule has 0 aliphatic carbocycles. The van der Waals surface area contributed by atoms with E-state index in [9.17, 15) is 0 Å². The van der Waals surface area contributed by atoms with Crippen LogP contribution >= 0.6 is 27.3 Å². The minimum absolute atomic E-state index is 0.595. The van der Waals surface area contributed by atoms with Crippen molar-refractivity contribution in [3.05, 3.63) is 22.4 Å². The maximum absolute atomic E-state index is 5.43. The Morgan fingerprint density at radius 3 is 2.55 bits per heavy atom. The highest BCUT2D eigenvalue weighted by atomic mass is 79.9. The smallest absolute Gasteiger partial charge is 0.185 e. The van der Waals surface area contributed by atoms with Gasteiger partial charge in [-0.1, -0.05) is 0 Å². The molecule has 1 fully saturated rings. The number of rotatable bonds is 3. The Hall–Kier alpha value is -1.45. The van der Waals surface area contributed by atoms with E-state index in [0.29, 0.717) is 5.82 Å². The van der Waals surface area contributed by atoms with Crippen LogP contribution in [0.15, 0.2) is 22.4 Å². The Morgan fingerprint density at radius 1 is 1.15 bits per heavy atom. The molecular formula is C11H14BrN7S. The van der Waals surface area contributed by atoms with Crippen molar-refractivity contribution in [1.82, 2.24) is 15.0 Å². The molecule has 7 nitrogen and oxygen atoms in total. The van der Waals surface area contributed by atoms with Crippen LogP contribution in [0.5, 0.6) is 0 Å². The van der Waals surface area contributed by atoms with Crippen LogP contribution in [0.4, 0.5) is 16.8 Å². The largest absolute Gasteiger partial charge is 0.352 e. The molecule has 2 aromatic heterocycles. The van der Waals surface area contributed by atoms with Gasteiger partial charge in [0, 0.05) is 37.8 Å². The molecule has 0 radical (unpaired) electrons. The number of nitrogens with one attached hydrogen (secondary N) is 1. The van der Waals surface area contributed by atoms with E-state index in [1.807, 2.05) is 11.6 Å². The van der Waals surface area contributed by atoms with Gasteiger partial charge in [-0.15, -0.1) is 11.3 Å². The molecule has 3 rings (SSSR count). The second kappa shape index (κ2) is 5.90. The number of thiazole rings is 1.